The molecule has 2 aromatic heterocycles. The fraction of sp³-hybridized carbons (Fsp3) is 0.571. The summed E-state index contributed by atoms with van der Waals surface area (Å²) in [7, 11) is 0. The van der Waals surface area contributed by atoms with Crippen molar-refractivity contribution in [2.45, 2.75) is 26.2 Å². The van der Waals surface area contributed by atoms with Crippen LogP contribution in [0.2, 0.25) is 0 Å². The van der Waals surface area contributed by atoms with Gasteiger partial charge in [-0.05, 0) is 49.3 Å². The second kappa shape index (κ2) is 5.17. The van der Waals surface area contributed by atoms with Gasteiger partial charge >= 0.3 is 0 Å². The Hall–Kier alpha value is -1.62. The van der Waals surface area contributed by atoms with E-state index >= 15 is 0 Å². The Balaban J connectivity index is 1.76. The number of rotatable bonds is 4. The van der Waals surface area contributed by atoms with Gasteiger partial charge in [0.1, 0.15) is 12.1 Å². The zero-order valence-electron chi connectivity index (χ0n) is 11.2. The highest BCUT2D eigenvalue weighted by molar-refractivity contribution is 5.51. The van der Waals surface area contributed by atoms with Crippen LogP contribution < -0.4 is 5.32 Å². The molecular weight excluding hydrogens is 240 g/mol. The summed E-state index contributed by atoms with van der Waals surface area (Å²) in [6.07, 6.45) is 5.15. The van der Waals surface area contributed by atoms with Crippen molar-refractivity contribution < 1.29 is 5.11 Å². The van der Waals surface area contributed by atoms with E-state index in [4.69, 9.17) is 0 Å². The number of aromatic nitrogens is 3. The minimum atomic E-state index is 0.304. The summed E-state index contributed by atoms with van der Waals surface area (Å²) in [6.45, 7) is 3.26. The van der Waals surface area contributed by atoms with Gasteiger partial charge in [0.25, 0.3) is 0 Å². The van der Waals surface area contributed by atoms with Gasteiger partial charge in [0.05, 0.1) is 0 Å². The van der Waals surface area contributed by atoms with Crippen LogP contribution in [0.1, 0.15) is 24.8 Å². The average molecular weight is 260 g/mol. The third-order valence-corrected chi connectivity index (χ3v) is 4.12. The SMILES string of the molecule is Cc1cc(NCC2CCCC2CO)n2ncnc2c1. The molecule has 2 atom stereocenters. The average Bonchev–Trinajstić information content (AvgIpc) is 3.03. The van der Waals surface area contributed by atoms with Gasteiger partial charge in [0.2, 0.25) is 0 Å². The van der Waals surface area contributed by atoms with Crippen molar-refractivity contribution in [2.75, 3.05) is 18.5 Å². The summed E-state index contributed by atoms with van der Waals surface area (Å²) < 4.78 is 1.83. The van der Waals surface area contributed by atoms with Gasteiger partial charge in [0.15, 0.2) is 5.65 Å². The molecule has 1 fully saturated rings. The standard InChI is InChI=1S/C14H20N4O/c1-10-5-13(18-14(6-10)16-9-17-18)15-7-11-3-2-4-12(11)8-19/h5-6,9,11-12,15,19H,2-4,7-8H2,1H3. The summed E-state index contributed by atoms with van der Waals surface area (Å²) in [6, 6.07) is 4.11. The number of aryl methyl sites for hydroxylation is 1. The van der Waals surface area contributed by atoms with Crippen LogP contribution in [-0.2, 0) is 0 Å². The Bertz CT molecular complexity index is 566. The maximum atomic E-state index is 9.36. The second-order valence-electron chi connectivity index (χ2n) is 5.46. The summed E-state index contributed by atoms with van der Waals surface area (Å²) >= 11 is 0. The van der Waals surface area contributed by atoms with Crippen LogP contribution in [0, 0.1) is 18.8 Å². The van der Waals surface area contributed by atoms with Gasteiger partial charge in [-0.1, -0.05) is 6.42 Å². The Morgan fingerprint density at radius 2 is 2.21 bits per heavy atom. The van der Waals surface area contributed by atoms with Crippen LogP contribution in [0.15, 0.2) is 18.5 Å². The summed E-state index contributed by atoms with van der Waals surface area (Å²) in [5.41, 5.74) is 2.04. The first kappa shape index (κ1) is 12.4. The summed E-state index contributed by atoms with van der Waals surface area (Å²) in [4.78, 5) is 4.22. The monoisotopic (exact) mass is 260 g/mol. The lowest BCUT2D eigenvalue weighted by molar-refractivity contribution is 0.199. The highest BCUT2D eigenvalue weighted by Gasteiger charge is 2.26. The van der Waals surface area contributed by atoms with E-state index in [0.717, 1.165) is 24.4 Å². The van der Waals surface area contributed by atoms with Crippen LogP contribution in [0.3, 0.4) is 0 Å². The molecule has 2 aromatic rings. The molecule has 0 aliphatic heterocycles. The van der Waals surface area contributed by atoms with Crippen molar-refractivity contribution in [3.8, 4) is 0 Å². The molecule has 0 amide bonds. The van der Waals surface area contributed by atoms with Crippen molar-refractivity contribution in [2.24, 2.45) is 11.8 Å². The van der Waals surface area contributed by atoms with Gasteiger partial charge in [0, 0.05) is 13.2 Å². The molecule has 0 radical (unpaired) electrons. The van der Waals surface area contributed by atoms with Crippen LogP contribution in [-0.4, -0.2) is 32.9 Å². The number of hydrogen-bond donors (Lipinski definition) is 2. The van der Waals surface area contributed by atoms with Gasteiger partial charge in [-0.3, -0.25) is 0 Å². The zero-order chi connectivity index (χ0) is 13.2. The largest absolute Gasteiger partial charge is 0.396 e. The Labute approximate surface area is 112 Å². The first-order chi connectivity index (χ1) is 9.28. The Kier molecular flexibility index (Phi) is 3.38. The fourth-order valence-electron chi connectivity index (χ4n) is 3.04. The van der Waals surface area contributed by atoms with Gasteiger partial charge in [-0.2, -0.15) is 9.61 Å². The van der Waals surface area contributed by atoms with E-state index in [2.05, 4.69) is 28.4 Å². The smallest absolute Gasteiger partial charge is 0.157 e. The summed E-state index contributed by atoms with van der Waals surface area (Å²) in [5.74, 6) is 1.99. The van der Waals surface area contributed by atoms with Gasteiger partial charge in [-0.25, -0.2) is 4.98 Å². The minimum absolute atomic E-state index is 0.304. The van der Waals surface area contributed by atoms with E-state index in [9.17, 15) is 5.11 Å². The molecule has 102 valence electrons. The molecule has 0 spiro atoms. The van der Waals surface area contributed by atoms with E-state index in [1.54, 1.807) is 6.33 Å². The third kappa shape index (κ3) is 2.42. The van der Waals surface area contributed by atoms with Gasteiger partial charge in [-0.15, -0.1) is 0 Å². The van der Waals surface area contributed by atoms with Crippen molar-refractivity contribution >= 4 is 11.5 Å². The summed E-state index contributed by atoms with van der Waals surface area (Å²) in [5, 5.41) is 17.1. The lowest BCUT2D eigenvalue weighted by atomic mass is 9.97. The molecule has 2 unspecified atom stereocenters. The molecular formula is C14H20N4O. The quantitative estimate of drug-likeness (QED) is 0.880. The number of nitrogens with zero attached hydrogens (tertiary/aromatic N) is 3. The number of anilines is 1. The highest BCUT2D eigenvalue weighted by Crippen LogP contribution is 2.31. The lowest BCUT2D eigenvalue weighted by Gasteiger charge is -2.19. The van der Waals surface area contributed by atoms with Crippen LogP contribution in [0.4, 0.5) is 5.82 Å². The predicted octanol–water partition coefficient (Wildman–Crippen LogP) is 1.86. The number of nitrogens with one attached hydrogen (secondary N) is 1. The molecule has 0 aromatic carbocycles. The molecule has 2 heterocycles. The minimum Gasteiger partial charge on any atom is -0.396 e. The van der Waals surface area contributed by atoms with E-state index in [1.165, 1.54) is 18.4 Å². The lowest BCUT2D eigenvalue weighted by Crippen LogP contribution is -2.21. The van der Waals surface area contributed by atoms with Crippen molar-refractivity contribution in [1.82, 2.24) is 14.6 Å². The first-order valence-electron chi connectivity index (χ1n) is 6.93. The van der Waals surface area contributed by atoms with Crippen molar-refractivity contribution in [3.63, 3.8) is 0 Å². The van der Waals surface area contributed by atoms with Crippen molar-refractivity contribution in [3.05, 3.63) is 24.0 Å². The topological polar surface area (TPSA) is 62.5 Å². The molecule has 19 heavy (non-hydrogen) atoms. The number of fused-ring (bicyclic) bond motifs is 1. The van der Waals surface area contributed by atoms with E-state index in [-0.39, 0.29) is 0 Å². The van der Waals surface area contributed by atoms with Crippen LogP contribution in [0.25, 0.3) is 5.65 Å². The molecule has 1 saturated carbocycles. The van der Waals surface area contributed by atoms with E-state index in [0.29, 0.717) is 18.4 Å². The first-order valence-corrected chi connectivity index (χ1v) is 6.93. The zero-order valence-corrected chi connectivity index (χ0v) is 11.2. The van der Waals surface area contributed by atoms with Gasteiger partial charge < -0.3 is 10.4 Å². The molecule has 5 heteroatoms. The van der Waals surface area contributed by atoms with Crippen LogP contribution in [0.5, 0.6) is 0 Å². The molecule has 1 aliphatic rings. The number of pyridine rings is 1. The maximum absolute atomic E-state index is 9.36. The predicted molar refractivity (Wildman–Crippen MR) is 74.1 cm³/mol. The van der Waals surface area contributed by atoms with E-state index < -0.39 is 0 Å². The molecule has 3 rings (SSSR count). The molecule has 0 saturated heterocycles. The Morgan fingerprint density at radius 1 is 1.37 bits per heavy atom. The maximum Gasteiger partial charge on any atom is 0.157 e. The second-order valence-corrected chi connectivity index (χ2v) is 5.46. The normalized spacial score (nSPS) is 23.1. The number of aliphatic hydroxyl groups excluding tert-OH is 1. The van der Waals surface area contributed by atoms with Crippen molar-refractivity contribution in [1.29, 1.82) is 0 Å². The number of aliphatic hydroxyl groups is 1. The Morgan fingerprint density at radius 3 is 3.05 bits per heavy atom. The molecule has 5 nitrogen and oxygen atoms in total. The molecule has 2 N–H and O–H groups in total. The highest BCUT2D eigenvalue weighted by atomic mass is 16.3. The fourth-order valence-corrected chi connectivity index (χ4v) is 3.04. The third-order valence-electron chi connectivity index (χ3n) is 4.12. The molecule has 0 bridgehead atoms. The van der Waals surface area contributed by atoms with Crippen LogP contribution >= 0.6 is 0 Å². The number of hydrogen-bond acceptors (Lipinski definition) is 4. The van der Waals surface area contributed by atoms with E-state index in [1.807, 2.05) is 10.6 Å². The molecule has 1 aliphatic carbocycles.